The van der Waals surface area contributed by atoms with Gasteiger partial charge in [-0.1, -0.05) is 17.7 Å². The molecule has 2 aromatic rings. The normalized spacial score (nSPS) is 16.4. The number of nitrogens with one attached hydrogen (secondary N) is 1. The van der Waals surface area contributed by atoms with E-state index in [2.05, 4.69) is 4.72 Å². The smallest absolute Gasteiger partial charge is 0.261 e. The Balaban J connectivity index is 1.73. The van der Waals surface area contributed by atoms with Crippen LogP contribution in [0.1, 0.15) is 29.5 Å². The minimum absolute atomic E-state index is 0.126. The van der Waals surface area contributed by atoms with Gasteiger partial charge >= 0.3 is 0 Å². The minimum Gasteiger partial charge on any atom is -0.312 e. The molecule has 136 valence electrons. The van der Waals surface area contributed by atoms with Gasteiger partial charge < -0.3 is 4.90 Å². The number of rotatable bonds is 3. The van der Waals surface area contributed by atoms with Crippen LogP contribution in [0.4, 0.5) is 11.4 Å². The predicted octanol–water partition coefficient (Wildman–Crippen LogP) is 3.67. The second-order valence-electron chi connectivity index (χ2n) is 6.81. The fourth-order valence-electron chi connectivity index (χ4n) is 3.65. The third-order valence-corrected chi connectivity index (χ3v) is 6.75. The molecule has 2 aliphatic rings. The summed E-state index contributed by atoms with van der Waals surface area (Å²) in [6.07, 6.45) is 2.64. The van der Waals surface area contributed by atoms with Crippen LogP contribution in [0.3, 0.4) is 0 Å². The zero-order valence-electron chi connectivity index (χ0n) is 14.4. The second kappa shape index (κ2) is 6.28. The Morgan fingerprint density at radius 1 is 1.08 bits per heavy atom. The molecule has 1 N–H and O–H groups in total. The quantitative estimate of drug-likeness (QED) is 0.869. The SMILES string of the molecule is Cc1ccc(NS(=O)(=O)c2cc3c4c(c2)CCC(=O)N4CCC3)cc1Cl. The number of aryl methyl sites for hydroxylation is 3. The molecule has 1 amide bonds. The van der Waals surface area contributed by atoms with E-state index in [1.165, 1.54) is 0 Å². The summed E-state index contributed by atoms with van der Waals surface area (Å²) in [7, 11) is -3.73. The van der Waals surface area contributed by atoms with Crippen LogP contribution in [-0.4, -0.2) is 20.9 Å². The van der Waals surface area contributed by atoms with Crippen molar-refractivity contribution in [1.29, 1.82) is 0 Å². The molecule has 7 heteroatoms. The number of sulfonamides is 1. The first kappa shape index (κ1) is 17.4. The molecule has 0 fully saturated rings. The summed E-state index contributed by atoms with van der Waals surface area (Å²) in [5.74, 6) is 0.126. The van der Waals surface area contributed by atoms with E-state index in [-0.39, 0.29) is 10.8 Å². The molecular formula is C19H19ClN2O3S. The monoisotopic (exact) mass is 390 g/mol. The zero-order chi connectivity index (χ0) is 18.5. The summed E-state index contributed by atoms with van der Waals surface area (Å²) in [6, 6.07) is 8.47. The lowest BCUT2D eigenvalue weighted by molar-refractivity contribution is -0.119. The van der Waals surface area contributed by atoms with Gasteiger partial charge in [0, 0.05) is 18.0 Å². The highest BCUT2D eigenvalue weighted by atomic mass is 35.5. The van der Waals surface area contributed by atoms with Gasteiger partial charge in [0.1, 0.15) is 0 Å². The Hall–Kier alpha value is -2.05. The fourth-order valence-corrected chi connectivity index (χ4v) is 4.98. The largest absolute Gasteiger partial charge is 0.312 e. The Morgan fingerprint density at radius 3 is 2.54 bits per heavy atom. The van der Waals surface area contributed by atoms with Crippen LogP contribution >= 0.6 is 11.6 Å². The molecule has 2 aromatic carbocycles. The van der Waals surface area contributed by atoms with Crippen molar-refractivity contribution >= 4 is 38.9 Å². The Kier molecular flexibility index (Phi) is 4.20. The van der Waals surface area contributed by atoms with Gasteiger partial charge in [0.2, 0.25) is 5.91 Å². The van der Waals surface area contributed by atoms with Gasteiger partial charge in [-0.3, -0.25) is 9.52 Å². The highest BCUT2D eigenvalue weighted by Crippen LogP contribution is 2.38. The maximum atomic E-state index is 12.9. The van der Waals surface area contributed by atoms with Crippen molar-refractivity contribution in [2.45, 2.75) is 37.5 Å². The maximum Gasteiger partial charge on any atom is 0.261 e. The van der Waals surface area contributed by atoms with Crippen molar-refractivity contribution in [3.8, 4) is 0 Å². The van der Waals surface area contributed by atoms with E-state index in [9.17, 15) is 13.2 Å². The number of benzene rings is 2. The van der Waals surface area contributed by atoms with Crippen molar-refractivity contribution in [3.63, 3.8) is 0 Å². The first-order valence-corrected chi connectivity index (χ1v) is 10.5. The molecule has 4 rings (SSSR count). The molecule has 0 bridgehead atoms. The van der Waals surface area contributed by atoms with E-state index < -0.39 is 10.0 Å². The predicted molar refractivity (Wildman–Crippen MR) is 102 cm³/mol. The number of nitrogens with zero attached hydrogens (tertiary/aromatic N) is 1. The lowest BCUT2D eigenvalue weighted by Crippen LogP contribution is -2.39. The van der Waals surface area contributed by atoms with Gasteiger partial charge in [-0.2, -0.15) is 0 Å². The molecule has 0 saturated heterocycles. The first-order chi connectivity index (χ1) is 12.3. The summed E-state index contributed by atoms with van der Waals surface area (Å²) in [6.45, 7) is 2.58. The molecule has 0 atom stereocenters. The standard InChI is InChI=1S/C19H19ClN2O3S/c1-12-4-6-15(11-17(12)20)21-26(24,25)16-9-13-3-2-8-22-18(23)7-5-14(10-16)19(13)22/h4,6,9-11,21H,2-3,5,7-8H2,1H3. The molecule has 0 radical (unpaired) electrons. The molecular weight excluding hydrogens is 372 g/mol. The van der Waals surface area contributed by atoms with Crippen molar-refractivity contribution in [1.82, 2.24) is 0 Å². The first-order valence-electron chi connectivity index (χ1n) is 8.60. The van der Waals surface area contributed by atoms with Gasteiger partial charge in [-0.05, 0) is 67.1 Å². The topological polar surface area (TPSA) is 66.5 Å². The van der Waals surface area contributed by atoms with Crippen LogP contribution < -0.4 is 9.62 Å². The lowest BCUT2D eigenvalue weighted by Gasteiger charge is -2.35. The third kappa shape index (κ3) is 2.97. The average Bonchev–Trinajstić information content (AvgIpc) is 2.61. The van der Waals surface area contributed by atoms with Crippen LogP contribution in [-0.2, 0) is 27.7 Å². The van der Waals surface area contributed by atoms with Crippen molar-refractivity contribution in [2.75, 3.05) is 16.2 Å². The zero-order valence-corrected chi connectivity index (χ0v) is 16.0. The number of halogens is 1. The molecule has 5 nitrogen and oxygen atoms in total. The molecule has 2 aliphatic heterocycles. The summed E-state index contributed by atoms with van der Waals surface area (Å²) < 4.78 is 28.4. The molecule has 2 heterocycles. The number of hydrogen-bond acceptors (Lipinski definition) is 3. The Labute approximate surface area is 158 Å². The van der Waals surface area contributed by atoms with Gasteiger partial charge in [0.05, 0.1) is 16.3 Å². The fraction of sp³-hybridized carbons (Fsp3) is 0.316. The van der Waals surface area contributed by atoms with Crippen LogP contribution in [0.15, 0.2) is 35.2 Å². The van der Waals surface area contributed by atoms with E-state index in [4.69, 9.17) is 11.6 Å². The lowest BCUT2D eigenvalue weighted by atomic mass is 9.92. The van der Waals surface area contributed by atoms with Crippen LogP contribution in [0, 0.1) is 6.92 Å². The highest BCUT2D eigenvalue weighted by molar-refractivity contribution is 7.92. The second-order valence-corrected chi connectivity index (χ2v) is 8.90. The molecule has 0 aromatic heterocycles. The van der Waals surface area contributed by atoms with E-state index >= 15 is 0 Å². The minimum atomic E-state index is -3.73. The Bertz CT molecular complexity index is 1000. The van der Waals surface area contributed by atoms with E-state index in [0.29, 0.717) is 30.1 Å². The third-order valence-electron chi connectivity index (χ3n) is 4.98. The molecule has 0 aliphatic carbocycles. The number of anilines is 2. The average molecular weight is 391 g/mol. The Morgan fingerprint density at radius 2 is 1.81 bits per heavy atom. The number of amides is 1. The highest BCUT2D eigenvalue weighted by Gasteiger charge is 2.31. The molecule has 26 heavy (non-hydrogen) atoms. The molecule has 0 saturated carbocycles. The van der Waals surface area contributed by atoms with Gasteiger partial charge in [-0.25, -0.2) is 8.42 Å². The van der Waals surface area contributed by atoms with E-state index in [1.54, 1.807) is 35.2 Å². The summed E-state index contributed by atoms with van der Waals surface area (Å²) >= 11 is 6.10. The van der Waals surface area contributed by atoms with Gasteiger partial charge in [-0.15, -0.1) is 0 Å². The van der Waals surface area contributed by atoms with Crippen LogP contribution in [0.2, 0.25) is 5.02 Å². The van der Waals surface area contributed by atoms with Gasteiger partial charge in [0.25, 0.3) is 10.0 Å². The van der Waals surface area contributed by atoms with E-state index in [0.717, 1.165) is 35.2 Å². The van der Waals surface area contributed by atoms with Gasteiger partial charge in [0.15, 0.2) is 0 Å². The molecule has 0 spiro atoms. The van der Waals surface area contributed by atoms with Crippen molar-refractivity contribution in [2.24, 2.45) is 0 Å². The maximum absolute atomic E-state index is 12.9. The summed E-state index contributed by atoms with van der Waals surface area (Å²) in [5, 5.41) is 0.514. The number of hydrogen-bond donors (Lipinski definition) is 1. The van der Waals surface area contributed by atoms with Crippen molar-refractivity contribution in [3.05, 3.63) is 52.0 Å². The number of carbonyl (C=O) groups is 1. The van der Waals surface area contributed by atoms with Crippen LogP contribution in [0.5, 0.6) is 0 Å². The summed E-state index contributed by atoms with van der Waals surface area (Å²) in [4.78, 5) is 14.2. The number of carbonyl (C=O) groups excluding carboxylic acids is 1. The summed E-state index contributed by atoms with van der Waals surface area (Å²) in [5.41, 5.74) is 4.11. The van der Waals surface area contributed by atoms with Crippen molar-refractivity contribution < 1.29 is 13.2 Å². The van der Waals surface area contributed by atoms with E-state index in [1.807, 2.05) is 6.92 Å². The van der Waals surface area contributed by atoms with Crippen LogP contribution in [0.25, 0.3) is 0 Å². The molecule has 0 unspecified atom stereocenters.